The lowest BCUT2D eigenvalue weighted by molar-refractivity contribution is -0.114. The summed E-state index contributed by atoms with van der Waals surface area (Å²) >= 11 is 0. The fraction of sp³-hybridized carbons (Fsp3) is 0.222. The van der Waals surface area contributed by atoms with Gasteiger partial charge in [-0.25, -0.2) is 0 Å². The zero-order valence-electron chi connectivity index (χ0n) is 7.47. The fourth-order valence-corrected chi connectivity index (χ4v) is 0.958. The molecule has 0 saturated heterocycles. The molecule has 1 rings (SSSR count). The van der Waals surface area contributed by atoms with Gasteiger partial charge in [0, 0.05) is 5.69 Å². The second-order valence-corrected chi connectivity index (χ2v) is 2.70. The highest BCUT2D eigenvalue weighted by atomic mass is 16.3. The van der Waals surface area contributed by atoms with Gasteiger partial charge in [0.2, 0.25) is 5.91 Å². The Morgan fingerprint density at radius 1 is 1.43 bits per heavy atom. The number of carbonyl (C=O) groups excluding carboxylic acids is 1. The lowest BCUT2D eigenvalue weighted by Crippen LogP contribution is -2.14. The Bertz CT molecular complexity index is 321. The van der Waals surface area contributed by atoms with Gasteiger partial charge in [-0.2, -0.15) is 0 Å². The molecule has 0 aliphatic carbocycles. The first kappa shape index (κ1) is 10.3. The highest BCUT2D eigenvalue weighted by Gasteiger charge is 1.98. The molecule has 0 radical (unpaired) electrons. The van der Waals surface area contributed by atoms with Crippen molar-refractivity contribution in [1.29, 1.82) is 0 Å². The molecule has 0 saturated carbocycles. The van der Waals surface area contributed by atoms with Crippen LogP contribution in [0.25, 0.3) is 5.53 Å². The summed E-state index contributed by atoms with van der Waals surface area (Å²) in [6.07, 6.45) is 0. The Balaban J connectivity index is 2.59. The number of aliphatic hydroxyl groups excluding tert-OH is 1. The van der Waals surface area contributed by atoms with Crippen LogP contribution in [-0.2, 0) is 11.4 Å². The van der Waals surface area contributed by atoms with E-state index in [9.17, 15) is 4.79 Å². The van der Waals surface area contributed by atoms with Crippen LogP contribution in [0.5, 0.6) is 0 Å². The maximum atomic E-state index is 11.0. The molecule has 0 heterocycles. The van der Waals surface area contributed by atoms with Crippen LogP contribution in [0.3, 0.4) is 0 Å². The van der Waals surface area contributed by atoms with Crippen LogP contribution in [0.1, 0.15) is 5.56 Å². The van der Waals surface area contributed by atoms with Crippen molar-refractivity contribution in [2.45, 2.75) is 6.61 Å². The number of nitrogens with one attached hydrogen (secondary N) is 1. The molecule has 0 aliphatic rings. The predicted molar refractivity (Wildman–Crippen MR) is 51.6 cm³/mol. The highest BCUT2D eigenvalue weighted by molar-refractivity contribution is 5.92. The second-order valence-electron chi connectivity index (χ2n) is 2.70. The van der Waals surface area contributed by atoms with E-state index in [0.29, 0.717) is 5.69 Å². The largest absolute Gasteiger partial charge is 0.711 e. The molecular formula is C9H10N3O2-. The molecule has 0 atom stereocenters. The number of aliphatic hydroxyl groups is 1. The quantitative estimate of drug-likeness (QED) is 0.701. The maximum absolute atomic E-state index is 11.0. The molecule has 0 spiro atoms. The molecule has 5 nitrogen and oxygen atoms in total. The van der Waals surface area contributed by atoms with Crippen LogP contribution in [0.15, 0.2) is 29.4 Å². The monoisotopic (exact) mass is 192 g/mol. The summed E-state index contributed by atoms with van der Waals surface area (Å²) in [5, 5.41) is 14.0. The topological polar surface area (TPSA) is 84.0 Å². The molecule has 1 aromatic rings. The van der Waals surface area contributed by atoms with Crippen molar-refractivity contribution >= 4 is 11.6 Å². The van der Waals surface area contributed by atoms with E-state index in [2.05, 4.69) is 10.4 Å². The number of carbonyl (C=O) groups is 1. The van der Waals surface area contributed by atoms with Crippen molar-refractivity contribution in [3.8, 4) is 0 Å². The molecule has 74 valence electrons. The summed E-state index contributed by atoms with van der Waals surface area (Å²) in [4.78, 5) is 11.0. The van der Waals surface area contributed by atoms with Crippen LogP contribution >= 0.6 is 0 Å². The van der Waals surface area contributed by atoms with Gasteiger partial charge < -0.3 is 21.1 Å². The lowest BCUT2D eigenvalue weighted by atomic mass is 10.2. The van der Waals surface area contributed by atoms with E-state index in [1.807, 2.05) is 0 Å². The first-order valence-corrected chi connectivity index (χ1v) is 4.07. The fourth-order valence-electron chi connectivity index (χ4n) is 0.958. The van der Waals surface area contributed by atoms with Gasteiger partial charge >= 0.3 is 0 Å². The first-order chi connectivity index (χ1) is 6.76. The van der Waals surface area contributed by atoms with Gasteiger partial charge in [0.25, 0.3) is 0 Å². The van der Waals surface area contributed by atoms with Gasteiger partial charge in [0.05, 0.1) is 13.2 Å². The Labute approximate surface area is 81.3 Å². The molecular weight excluding hydrogens is 182 g/mol. The summed E-state index contributed by atoms with van der Waals surface area (Å²) < 4.78 is 0. The molecule has 0 aliphatic heterocycles. The first-order valence-electron chi connectivity index (χ1n) is 4.07. The molecule has 0 bridgehead atoms. The Morgan fingerprint density at radius 3 is 2.57 bits per heavy atom. The van der Waals surface area contributed by atoms with Gasteiger partial charge in [-0.3, -0.25) is 4.79 Å². The zero-order valence-corrected chi connectivity index (χ0v) is 7.47. The van der Waals surface area contributed by atoms with Crippen LogP contribution in [0, 0.1) is 0 Å². The number of hydrogen-bond donors (Lipinski definition) is 2. The third kappa shape index (κ3) is 2.95. The van der Waals surface area contributed by atoms with Gasteiger partial charge in [-0.15, -0.1) is 0 Å². The number of benzene rings is 1. The number of amides is 1. The van der Waals surface area contributed by atoms with E-state index >= 15 is 0 Å². The molecule has 0 unspecified atom stereocenters. The van der Waals surface area contributed by atoms with Crippen LogP contribution in [0.4, 0.5) is 5.69 Å². The molecule has 14 heavy (non-hydrogen) atoms. The number of nitrogens with zero attached hydrogens (tertiary/aromatic N) is 2. The number of rotatable bonds is 4. The highest BCUT2D eigenvalue weighted by Crippen LogP contribution is 2.09. The number of hydrogen-bond acceptors (Lipinski definition) is 3. The summed E-state index contributed by atoms with van der Waals surface area (Å²) in [7, 11) is 0. The van der Waals surface area contributed by atoms with Crippen LogP contribution in [0.2, 0.25) is 0 Å². The average molecular weight is 192 g/mol. The van der Waals surface area contributed by atoms with Crippen molar-refractivity contribution in [3.63, 3.8) is 0 Å². The molecule has 1 aromatic carbocycles. The van der Waals surface area contributed by atoms with E-state index < -0.39 is 0 Å². The minimum Gasteiger partial charge on any atom is -0.711 e. The molecule has 1 amide bonds. The maximum Gasteiger partial charge on any atom is 0.244 e. The molecule has 5 heteroatoms. The van der Waals surface area contributed by atoms with Crippen LogP contribution < -0.4 is 5.32 Å². The lowest BCUT2D eigenvalue weighted by Gasteiger charge is -2.04. The Kier molecular flexibility index (Phi) is 3.75. The Hall–Kier alpha value is -1.75. The van der Waals surface area contributed by atoms with E-state index in [1.165, 1.54) is 0 Å². The van der Waals surface area contributed by atoms with Crippen molar-refractivity contribution in [1.82, 2.24) is 0 Å². The molecule has 0 aromatic heterocycles. The molecule has 0 fully saturated rings. The molecule has 2 N–H and O–H groups in total. The van der Waals surface area contributed by atoms with Gasteiger partial charge in [-0.05, 0) is 17.7 Å². The standard InChI is InChI=1S/C9H10N3O2/c10-11-5-9(14)12-8-3-1-7(6-13)2-4-8/h1-4,13H,5-6H2,(H,12,14)/q-1. The zero-order chi connectivity index (χ0) is 10.4. The third-order valence-electron chi connectivity index (χ3n) is 1.63. The van der Waals surface area contributed by atoms with Crippen LogP contribution in [-0.4, -0.2) is 17.6 Å². The second kappa shape index (κ2) is 5.08. The SMILES string of the molecule is [N-]=NCC(=O)Nc1ccc(CO)cc1. The van der Waals surface area contributed by atoms with Crippen molar-refractivity contribution in [2.75, 3.05) is 11.9 Å². The summed E-state index contributed by atoms with van der Waals surface area (Å²) in [5.74, 6) is -0.385. The van der Waals surface area contributed by atoms with Gasteiger partial charge in [0.1, 0.15) is 0 Å². The van der Waals surface area contributed by atoms with E-state index in [0.717, 1.165) is 5.56 Å². The van der Waals surface area contributed by atoms with E-state index in [-0.39, 0.29) is 19.1 Å². The normalized spacial score (nSPS) is 9.50. The van der Waals surface area contributed by atoms with E-state index in [4.69, 9.17) is 10.6 Å². The predicted octanol–water partition coefficient (Wildman–Crippen LogP) is 1.14. The summed E-state index contributed by atoms with van der Waals surface area (Å²) in [6.45, 7) is -0.304. The average Bonchev–Trinajstić information content (AvgIpc) is 2.19. The van der Waals surface area contributed by atoms with Crippen molar-refractivity contribution < 1.29 is 9.90 Å². The summed E-state index contributed by atoms with van der Waals surface area (Å²) in [6, 6.07) is 6.74. The van der Waals surface area contributed by atoms with E-state index in [1.54, 1.807) is 24.3 Å². The third-order valence-corrected chi connectivity index (χ3v) is 1.63. The Morgan fingerprint density at radius 2 is 2.07 bits per heavy atom. The van der Waals surface area contributed by atoms with Gasteiger partial charge in [-0.1, -0.05) is 12.1 Å². The minimum absolute atomic E-state index is 0.0276. The smallest absolute Gasteiger partial charge is 0.244 e. The van der Waals surface area contributed by atoms with Gasteiger partial charge in [0.15, 0.2) is 0 Å². The summed E-state index contributed by atoms with van der Waals surface area (Å²) in [5.41, 5.74) is 9.51. The number of anilines is 1. The van der Waals surface area contributed by atoms with Crippen molar-refractivity contribution in [2.24, 2.45) is 5.11 Å². The minimum atomic E-state index is -0.385. The van der Waals surface area contributed by atoms with Crippen molar-refractivity contribution in [3.05, 3.63) is 35.4 Å².